The molecule has 0 aromatic heterocycles. The van der Waals surface area contributed by atoms with E-state index in [1.807, 2.05) is 0 Å². The molecule has 0 saturated heterocycles. The van der Waals surface area contributed by atoms with Gasteiger partial charge in [-0.1, -0.05) is 34.1 Å². The van der Waals surface area contributed by atoms with Gasteiger partial charge in [-0.15, -0.1) is 0 Å². The Morgan fingerprint density at radius 3 is 2.25 bits per heavy atom. The lowest BCUT2D eigenvalue weighted by molar-refractivity contribution is -0.150. The second kappa shape index (κ2) is 2.27. The van der Waals surface area contributed by atoms with Gasteiger partial charge in [-0.05, 0) is 41.9 Å². The molecule has 3 atom stereocenters. The normalized spacial score (nSPS) is 50.0. The average Bonchev–Trinajstić information content (AvgIpc) is 2.04. The highest BCUT2D eigenvalue weighted by Gasteiger charge is 2.58. The Morgan fingerprint density at radius 2 is 1.92 bits per heavy atom. The van der Waals surface area contributed by atoms with Crippen LogP contribution in [0.1, 0.15) is 53.4 Å². The molecule has 3 rings (SSSR count). The largest absolute Gasteiger partial charge is 0.0649 e. The Morgan fingerprint density at radius 1 is 1.25 bits per heavy atom. The molecule has 12 heavy (non-hydrogen) atoms. The van der Waals surface area contributed by atoms with Gasteiger partial charge in [0.15, 0.2) is 0 Å². The summed E-state index contributed by atoms with van der Waals surface area (Å²) >= 11 is 0. The van der Waals surface area contributed by atoms with Gasteiger partial charge in [-0.25, -0.2) is 0 Å². The Bertz CT molecular complexity index is 190. The van der Waals surface area contributed by atoms with Crippen LogP contribution in [0.25, 0.3) is 0 Å². The molecular formula is C12H22. The summed E-state index contributed by atoms with van der Waals surface area (Å²) in [6.45, 7) is 9.85. The van der Waals surface area contributed by atoms with Gasteiger partial charge in [0.25, 0.3) is 0 Å². The van der Waals surface area contributed by atoms with Crippen molar-refractivity contribution >= 4 is 0 Å². The van der Waals surface area contributed by atoms with Crippen LogP contribution in [-0.2, 0) is 0 Å². The molecular weight excluding hydrogens is 144 g/mol. The Labute approximate surface area is 76.7 Å². The number of fused-ring (bicyclic) bond motifs is 2. The minimum atomic E-state index is 0.670. The van der Waals surface area contributed by atoms with Crippen LogP contribution in [0.2, 0.25) is 0 Å². The summed E-state index contributed by atoms with van der Waals surface area (Å²) in [4.78, 5) is 0. The highest BCUT2D eigenvalue weighted by molar-refractivity contribution is 5.07. The molecule has 2 unspecified atom stereocenters. The topological polar surface area (TPSA) is 0 Å². The van der Waals surface area contributed by atoms with Crippen molar-refractivity contribution in [3.63, 3.8) is 0 Å². The maximum Gasteiger partial charge on any atom is -0.0292 e. The van der Waals surface area contributed by atoms with E-state index >= 15 is 0 Å². The third-order valence-electron chi connectivity index (χ3n) is 5.18. The second-order valence-corrected chi connectivity index (χ2v) is 5.85. The first-order valence-electron chi connectivity index (χ1n) is 5.50. The average molecular weight is 166 g/mol. The van der Waals surface area contributed by atoms with Crippen molar-refractivity contribution in [3.8, 4) is 0 Å². The van der Waals surface area contributed by atoms with Crippen molar-refractivity contribution < 1.29 is 0 Å². The molecule has 3 aliphatic carbocycles. The van der Waals surface area contributed by atoms with Gasteiger partial charge in [0.1, 0.15) is 0 Å². The molecule has 0 aliphatic heterocycles. The van der Waals surface area contributed by atoms with E-state index in [9.17, 15) is 0 Å². The van der Waals surface area contributed by atoms with E-state index in [1.54, 1.807) is 0 Å². The molecule has 0 N–H and O–H groups in total. The van der Waals surface area contributed by atoms with Gasteiger partial charge in [0, 0.05) is 0 Å². The van der Waals surface area contributed by atoms with Gasteiger partial charge >= 0.3 is 0 Å². The van der Waals surface area contributed by atoms with Crippen LogP contribution in [0.5, 0.6) is 0 Å². The van der Waals surface area contributed by atoms with Gasteiger partial charge in [0.05, 0.1) is 0 Å². The van der Waals surface area contributed by atoms with Crippen molar-refractivity contribution in [2.45, 2.75) is 53.4 Å². The smallest absolute Gasteiger partial charge is 0.0292 e. The number of hydrogen-bond donors (Lipinski definition) is 0. The van der Waals surface area contributed by atoms with Crippen molar-refractivity contribution in [1.29, 1.82) is 0 Å². The first kappa shape index (κ1) is 8.59. The minimum absolute atomic E-state index is 0.670. The van der Waals surface area contributed by atoms with Gasteiger partial charge in [0.2, 0.25) is 0 Å². The molecule has 0 spiro atoms. The zero-order valence-electron chi connectivity index (χ0n) is 8.98. The molecule has 70 valence electrons. The van der Waals surface area contributed by atoms with E-state index in [-0.39, 0.29) is 0 Å². The summed E-state index contributed by atoms with van der Waals surface area (Å²) in [5, 5.41) is 0. The predicted molar refractivity (Wildman–Crippen MR) is 53.0 cm³/mol. The van der Waals surface area contributed by atoms with Crippen LogP contribution in [0.3, 0.4) is 0 Å². The summed E-state index contributed by atoms with van der Waals surface area (Å²) in [5.41, 5.74) is 1.35. The van der Waals surface area contributed by atoms with E-state index in [1.165, 1.54) is 25.7 Å². The van der Waals surface area contributed by atoms with E-state index < -0.39 is 0 Å². The molecule has 0 nitrogen and oxygen atoms in total. The molecule has 2 bridgehead atoms. The molecule has 0 heteroatoms. The number of rotatable bonds is 1. The Kier molecular flexibility index (Phi) is 1.63. The summed E-state index contributed by atoms with van der Waals surface area (Å²) in [6.07, 6.45) is 5.89. The summed E-state index contributed by atoms with van der Waals surface area (Å²) in [7, 11) is 0. The van der Waals surface area contributed by atoms with E-state index in [4.69, 9.17) is 0 Å². The van der Waals surface area contributed by atoms with Crippen LogP contribution in [0.15, 0.2) is 0 Å². The fraction of sp³-hybridized carbons (Fsp3) is 1.00. The third-order valence-corrected chi connectivity index (χ3v) is 5.18. The second-order valence-electron chi connectivity index (χ2n) is 5.85. The maximum atomic E-state index is 2.51. The predicted octanol–water partition coefficient (Wildman–Crippen LogP) is 3.86. The summed E-state index contributed by atoms with van der Waals surface area (Å²) in [5.74, 6) is 2.08. The van der Waals surface area contributed by atoms with Crippen LogP contribution >= 0.6 is 0 Å². The lowest BCUT2D eigenvalue weighted by atomic mass is 9.41. The van der Waals surface area contributed by atoms with Crippen molar-refractivity contribution in [1.82, 2.24) is 0 Å². The van der Waals surface area contributed by atoms with Crippen LogP contribution in [0, 0.1) is 22.7 Å². The molecule has 0 aromatic rings. The number of hydrogen-bond acceptors (Lipinski definition) is 0. The minimum Gasteiger partial charge on any atom is -0.0649 e. The van der Waals surface area contributed by atoms with E-state index in [2.05, 4.69) is 27.7 Å². The molecule has 0 heterocycles. The first-order chi connectivity index (χ1) is 5.50. The van der Waals surface area contributed by atoms with Crippen LogP contribution in [-0.4, -0.2) is 0 Å². The zero-order valence-corrected chi connectivity index (χ0v) is 8.98. The van der Waals surface area contributed by atoms with Crippen LogP contribution < -0.4 is 0 Å². The van der Waals surface area contributed by atoms with Crippen molar-refractivity contribution in [2.24, 2.45) is 22.7 Å². The fourth-order valence-corrected chi connectivity index (χ4v) is 3.79. The summed E-state index contributed by atoms with van der Waals surface area (Å²) < 4.78 is 0. The first-order valence-corrected chi connectivity index (χ1v) is 5.50. The molecule has 3 aliphatic rings. The molecule has 0 amide bonds. The van der Waals surface area contributed by atoms with E-state index in [0.717, 1.165) is 11.8 Å². The quantitative estimate of drug-likeness (QED) is 0.555. The lowest BCUT2D eigenvalue weighted by Crippen LogP contribution is -2.56. The van der Waals surface area contributed by atoms with Gasteiger partial charge < -0.3 is 0 Å². The monoisotopic (exact) mass is 166 g/mol. The molecule has 3 saturated carbocycles. The molecule has 3 fully saturated rings. The van der Waals surface area contributed by atoms with Crippen LogP contribution in [0.4, 0.5) is 0 Å². The van der Waals surface area contributed by atoms with Gasteiger partial charge in [-0.2, -0.15) is 0 Å². The van der Waals surface area contributed by atoms with Crippen molar-refractivity contribution in [3.05, 3.63) is 0 Å². The molecule has 0 radical (unpaired) electrons. The van der Waals surface area contributed by atoms with E-state index in [0.29, 0.717) is 10.8 Å². The Hall–Kier alpha value is 0. The SMILES string of the molecule is CC[C@@]1(C)CCC2CC1C2(C)C. The third kappa shape index (κ3) is 0.843. The molecule has 0 aromatic carbocycles. The standard InChI is InChI=1S/C12H22/c1-5-12(4)7-6-9-8-10(12)11(9,2)3/h9-10H,5-8H2,1-4H3/t9?,10?,12-/m0/s1. The Balaban J connectivity index is 2.21. The van der Waals surface area contributed by atoms with Gasteiger partial charge in [-0.3, -0.25) is 0 Å². The highest BCUT2D eigenvalue weighted by Crippen LogP contribution is 2.66. The zero-order chi connectivity index (χ0) is 8.98. The summed E-state index contributed by atoms with van der Waals surface area (Å²) in [6, 6.07) is 0. The fourth-order valence-electron chi connectivity index (χ4n) is 3.79. The lowest BCUT2D eigenvalue weighted by Gasteiger charge is -2.64. The highest BCUT2D eigenvalue weighted by atomic mass is 14.6. The van der Waals surface area contributed by atoms with Crippen molar-refractivity contribution in [2.75, 3.05) is 0 Å². The maximum absolute atomic E-state index is 2.51.